The highest BCUT2D eigenvalue weighted by atomic mass is 32.1. The molecule has 1 aromatic heterocycles. The largest absolute Gasteiger partial charge is 0.482 e. The maximum atomic E-state index is 11.8. The summed E-state index contributed by atoms with van der Waals surface area (Å²) in [6, 6.07) is 19.4. The lowest BCUT2D eigenvalue weighted by Gasteiger charge is -2.18. The summed E-state index contributed by atoms with van der Waals surface area (Å²) >= 11 is 1.48. The van der Waals surface area contributed by atoms with E-state index >= 15 is 0 Å². The zero-order valence-corrected chi connectivity index (χ0v) is 19.5. The van der Waals surface area contributed by atoms with Crippen molar-refractivity contribution in [3.8, 4) is 28.5 Å². The van der Waals surface area contributed by atoms with Crippen LogP contribution >= 0.6 is 11.3 Å². The molecular weight excluding hydrogens is 464 g/mol. The summed E-state index contributed by atoms with van der Waals surface area (Å²) in [4.78, 5) is 17.4. The van der Waals surface area contributed by atoms with Crippen molar-refractivity contribution in [3.63, 3.8) is 0 Å². The van der Waals surface area contributed by atoms with E-state index in [1.807, 2.05) is 73.0 Å². The number of nitrogens with zero attached hydrogens (tertiary/aromatic N) is 3. The zero-order chi connectivity index (χ0) is 23.8. The van der Waals surface area contributed by atoms with Gasteiger partial charge < -0.3 is 19.5 Å². The van der Waals surface area contributed by atoms with Crippen molar-refractivity contribution in [2.24, 2.45) is 10.1 Å². The molecule has 3 heterocycles. The Morgan fingerprint density at radius 3 is 2.80 bits per heavy atom. The standard InChI is InChI=1S/C26H20N4O4S/c1-16-3-2-4-19(9-16)28-26-30(27-12-17-5-7-23-24(10-17)34-15-33-23)21(14-35-26)18-6-8-22-20(11-18)29-25(31)13-32-22/h2-12,14H,13,15H2,1H3,(H,29,31). The van der Waals surface area contributed by atoms with Gasteiger partial charge in [0.2, 0.25) is 11.6 Å². The van der Waals surface area contributed by atoms with Gasteiger partial charge in [-0.2, -0.15) is 5.10 Å². The lowest BCUT2D eigenvalue weighted by atomic mass is 10.1. The number of ether oxygens (including phenoxy) is 3. The molecule has 2 aliphatic rings. The quantitative estimate of drug-likeness (QED) is 0.426. The summed E-state index contributed by atoms with van der Waals surface area (Å²) in [5, 5.41) is 9.64. The van der Waals surface area contributed by atoms with Crippen molar-refractivity contribution >= 4 is 34.8 Å². The molecule has 0 spiro atoms. The number of aryl methyl sites for hydroxylation is 1. The van der Waals surface area contributed by atoms with E-state index in [1.165, 1.54) is 11.3 Å². The molecule has 0 bridgehead atoms. The van der Waals surface area contributed by atoms with E-state index in [0.29, 0.717) is 22.0 Å². The average molecular weight is 485 g/mol. The summed E-state index contributed by atoms with van der Waals surface area (Å²) in [7, 11) is 0. The minimum atomic E-state index is -0.177. The maximum absolute atomic E-state index is 11.8. The van der Waals surface area contributed by atoms with Gasteiger partial charge in [0.1, 0.15) is 5.75 Å². The Morgan fingerprint density at radius 2 is 1.89 bits per heavy atom. The number of carbonyl (C=O) groups excluding carboxylic acids is 1. The molecule has 0 aliphatic carbocycles. The second-order valence-corrected chi connectivity index (χ2v) is 8.91. The Kier molecular flexibility index (Phi) is 5.31. The Labute approximate surface area is 204 Å². The van der Waals surface area contributed by atoms with Crippen LogP contribution in [0.1, 0.15) is 11.1 Å². The van der Waals surface area contributed by atoms with Crippen LogP contribution in [0.2, 0.25) is 0 Å². The predicted octanol–water partition coefficient (Wildman–Crippen LogP) is 4.70. The SMILES string of the molecule is Cc1cccc(N=c2scc(-c3ccc4c(c3)NC(=O)CO4)n2N=Cc2ccc3c(c2)OCO3)c1. The van der Waals surface area contributed by atoms with Gasteiger partial charge in [-0.1, -0.05) is 12.1 Å². The van der Waals surface area contributed by atoms with Gasteiger partial charge in [0.05, 0.1) is 23.3 Å². The Hall–Kier alpha value is -4.37. The first-order chi connectivity index (χ1) is 17.1. The minimum Gasteiger partial charge on any atom is -0.482 e. The van der Waals surface area contributed by atoms with Gasteiger partial charge in [-0.05, 0) is 66.6 Å². The summed E-state index contributed by atoms with van der Waals surface area (Å²) in [5.41, 5.74) is 5.18. The zero-order valence-electron chi connectivity index (χ0n) is 18.7. The van der Waals surface area contributed by atoms with Gasteiger partial charge in [0.25, 0.3) is 5.91 Å². The fraction of sp³-hybridized carbons (Fsp3) is 0.115. The summed E-state index contributed by atoms with van der Waals surface area (Å²) in [5.74, 6) is 1.88. The van der Waals surface area contributed by atoms with Crippen molar-refractivity contribution in [2.75, 3.05) is 18.7 Å². The molecule has 9 heteroatoms. The highest BCUT2D eigenvalue weighted by Gasteiger charge is 2.18. The number of hydrogen-bond acceptors (Lipinski definition) is 7. The van der Waals surface area contributed by atoms with Crippen molar-refractivity contribution in [3.05, 3.63) is 82.0 Å². The molecule has 0 unspecified atom stereocenters. The van der Waals surface area contributed by atoms with Crippen LogP contribution in [0, 0.1) is 6.92 Å². The van der Waals surface area contributed by atoms with Crippen molar-refractivity contribution in [1.82, 2.24) is 4.68 Å². The van der Waals surface area contributed by atoms with Crippen LogP contribution in [0.15, 0.2) is 76.1 Å². The van der Waals surface area contributed by atoms with E-state index in [-0.39, 0.29) is 19.3 Å². The number of fused-ring (bicyclic) bond motifs is 2. The van der Waals surface area contributed by atoms with E-state index in [9.17, 15) is 4.79 Å². The highest BCUT2D eigenvalue weighted by molar-refractivity contribution is 7.07. The number of hydrogen-bond donors (Lipinski definition) is 1. The second-order valence-electron chi connectivity index (χ2n) is 8.07. The molecule has 35 heavy (non-hydrogen) atoms. The molecule has 1 amide bonds. The number of aromatic nitrogens is 1. The number of thiazole rings is 1. The number of carbonyl (C=O) groups is 1. The van der Waals surface area contributed by atoms with Crippen LogP contribution in [0.4, 0.5) is 11.4 Å². The molecule has 0 radical (unpaired) electrons. The Morgan fingerprint density at radius 1 is 1.00 bits per heavy atom. The number of nitrogens with one attached hydrogen (secondary N) is 1. The Bertz CT molecular complexity index is 1550. The Balaban J connectivity index is 1.45. The van der Waals surface area contributed by atoms with Crippen LogP contribution in [0.5, 0.6) is 17.2 Å². The molecule has 0 saturated heterocycles. The molecule has 8 nitrogen and oxygen atoms in total. The van der Waals surface area contributed by atoms with Gasteiger partial charge in [-0.3, -0.25) is 4.79 Å². The van der Waals surface area contributed by atoms with E-state index in [0.717, 1.165) is 33.8 Å². The predicted molar refractivity (Wildman–Crippen MR) is 134 cm³/mol. The fourth-order valence-corrected chi connectivity index (χ4v) is 4.71. The minimum absolute atomic E-state index is 0.0180. The third-order valence-corrected chi connectivity index (χ3v) is 6.35. The number of rotatable bonds is 4. The summed E-state index contributed by atoms with van der Waals surface area (Å²) in [6.07, 6.45) is 1.76. The third kappa shape index (κ3) is 4.29. The second kappa shape index (κ2) is 8.77. The molecule has 0 fully saturated rings. The molecular formula is C26H20N4O4S. The van der Waals surface area contributed by atoms with Crippen molar-refractivity contribution in [2.45, 2.75) is 6.92 Å². The van der Waals surface area contributed by atoms with Crippen LogP contribution in [0.3, 0.4) is 0 Å². The average Bonchev–Trinajstić information content (AvgIpc) is 3.49. The monoisotopic (exact) mass is 484 g/mol. The van der Waals surface area contributed by atoms with Crippen molar-refractivity contribution in [1.29, 1.82) is 0 Å². The lowest BCUT2D eigenvalue weighted by molar-refractivity contribution is -0.118. The highest BCUT2D eigenvalue weighted by Crippen LogP contribution is 2.34. The normalized spacial score (nSPS) is 14.7. The van der Waals surface area contributed by atoms with Crippen LogP contribution in [-0.4, -0.2) is 30.2 Å². The molecule has 174 valence electrons. The topological polar surface area (TPSA) is 86.4 Å². The molecule has 4 aromatic rings. The number of anilines is 1. The van der Waals surface area contributed by atoms with Crippen LogP contribution in [-0.2, 0) is 4.79 Å². The van der Waals surface area contributed by atoms with Crippen molar-refractivity contribution < 1.29 is 19.0 Å². The van der Waals surface area contributed by atoms with Crippen LogP contribution in [0.25, 0.3) is 11.3 Å². The van der Waals surface area contributed by atoms with Gasteiger partial charge in [-0.25, -0.2) is 9.67 Å². The third-order valence-electron chi connectivity index (χ3n) is 5.54. The molecule has 1 N–H and O–H groups in total. The van der Waals surface area contributed by atoms with Gasteiger partial charge >= 0.3 is 0 Å². The number of amides is 1. The fourth-order valence-electron chi connectivity index (χ4n) is 3.86. The first kappa shape index (κ1) is 21.2. The first-order valence-electron chi connectivity index (χ1n) is 11.0. The van der Waals surface area contributed by atoms with Crippen LogP contribution < -0.4 is 24.3 Å². The number of benzene rings is 3. The van der Waals surface area contributed by atoms with Gasteiger partial charge in [0.15, 0.2) is 18.1 Å². The molecule has 3 aromatic carbocycles. The van der Waals surface area contributed by atoms with Gasteiger partial charge in [-0.15, -0.1) is 11.3 Å². The molecule has 0 atom stereocenters. The van der Waals surface area contributed by atoms with Gasteiger partial charge in [0, 0.05) is 10.9 Å². The van der Waals surface area contributed by atoms with E-state index < -0.39 is 0 Å². The smallest absolute Gasteiger partial charge is 0.262 e. The first-order valence-corrected chi connectivity index (χ1v) is 11.8. The van der Waals surface area contributed by atoms with E-state index in [4.69, 9.17) is 24.3 Å². The molecule has 6 rings (SSSR count). The molecule has 2 aliphatic heterocycles. The lowest BCUT2D eigenvalue weighted by Crippen LogP contribution is -2.25. The summed E-state index contributed by atoms with van der Waals surface area (Å²) < 4.78 is 18.2. The maximum Gasteiger partial charge on any atom is 0.262 e. The van der Waals surface area contributed by atoms with E-state index in [1.54, 1.807) is 10.9 Å². The summed E-state index contributed by atoms with van der Waals surface area (Å²) in [6.45, 7) is 2.27. The molecule has 0 saturated carbocycles. The van der Waals surface area contributed by atoms with E-state index in [2.05, 4.69) is 5.32 Å².